The molecule has 0 aliphatic carbocycles. The summed E-state index contributed by atoms with van der Waals surface area (Å²) in [5.74, 6) is -1.24. The van der Waals surface area contributed by atoms with Crippen molar-refractivity contribution in [2.24, 2.45) is 0 Å². The first-order valence-electron chi connectivity index (χ1n) is 6.80. The van der Waals surface area contributed by atoms with Crippen LogP contribution in [0, 0.1) is 5.82 Å². The van der Waals surface area contributed by atoms with Gasteiger partial charge in [-0.05, 0) is 23.8 Å². The Morgan fingerprint density at radius 1 is 1.29 bits per heavy atom. The summed E-state index contributed by atoms with van der Waals surface area (Å²) in [7, 11) is 0. The highest BCUT2D eigenvalue weighted by Gasteiger charge is 2.19. The van der Waals surface area contributed by atoms with Crippen LogP contribution in [0.3, 0.4) is 0 Å². The second kappa shape index (κ2) is 6.52. The number of carbonyl (C=O) groups excluding carboxylic acids is 1. The highest BCUT2D eigenvalue weighted by atomic mass is 19.3. The van der Waals surface area contributed by atoms with Crippen LogP contribution in [0.1, 0.15) is 22.6 Å². The van der Waals surface area contributed by atoms with E-state index in [1.165, 1.54) is 23.1 Å². The number of aromatic nitrogens is 5. The van der Waals surface area contributed by atoms with Crippen LogP contribution < -0.4 is 5.32 Å². The van der Waals surface area contributed by atoms with Crippen LogP contribution in [0.5, 0.6) is 0 Å². The number of amides is 1. The Morgan fingerprint density at radius 2 is 2.12 bits per heavy atom. The molecule has 0 bridgehead atoms. The molecule has 0 aliphatic rings. The third kappa shape index (κ3) is 3.42. The smallest absolute Gasteiger partial charge is 0.288 e. The molecule has 3 rings (SSSR count). The molecule has 10 heteroatoms. The summed E-state index contributed by atoms with van der Waals surface area (Å²) in [5.41, 5.74) is 0.347. The molecule has 0 spiro atoms. The predicted octanol–water partition coefficient (Wildman–Crippen LogP) is 2.31. The SMILES string of the molecule is O=C(Nc1ncn(Cc2cccc(F)c2)n1)c1ccnn1C(F)F. The number of anilines is 1. The Kier molecular flexibility index (Phi) is 4.27. The van der Waals surface area contributed by atoms with Gasteiger partial charge in [-0.3, -0.25) is 10.1 Å². The van der Waals surface area contributed by atoms with E-state index in [1.54, 1.807) is 12.1 Å². The van der Waals surface area contributed by atoms with Gasteiger partial charge in [-0.15, -0.1) is 5.10 Å². The standard InChI is InChI=1S/C14H11F3N6O/c15-10-3-1-2-9(6-10)7-22-8-18-14(21-22)20-12(24)11-4-5-19-23(11)13(16)17/h1-6,8,13H,7H2,(H,20,21,24). The lowest BCUT2D eigenvalue weighted by molar-refractivity contribution is 0.0520. The number of nitrogens with one attached hydrogen (secondary N) is 1. The van der Waals surface area contributed by atoms with E-state index in [4.69, 9.17) is 0 Å². The Bertz CT molecular complexity index is 860. The lowest BCUT2D eigenvalue weighted by Gasteiger charge is -2.05. The molecule has 0 unspecified atom stereocenters. The lowest BCUT2D eigenvalue weighted by Crippen LogP contribution is -2.19. The van der Waals surface area contributed by atoms with E-state index in [1.807, 2.05) is 0 Å². The van der Waals surface area contributed by atoms with Gasteiger partial charge >= 0.3 is 6.55 Å². The van der Waals surface area contributed by atoms with E-state index in [0.29, 0.717) is 10.2 Å². The number of benzene rings is 1. The van der Waals surface area contributed by atoms with E-state index in [0.717, 1.165) is 12.3 Å². The molecular formula is C14H11F3N6O. The van der Waals surface area contributed by atoms with Gasteiger partial charge in [0.25, 0.3) is 5.91 Å². The second-order valence-corrected chi connectivity index (χ2v) is 4.79. The van der Waals surface area contributed by atoms with Crippen molar-refractivity contribution in [2.45, 2.75) is 13.1 Å². The molecule has 1 N–H and O–H groups in total. The summed E-state index contributed by atoms with van der Waals surface area (Å²) in [4.78, 5) is 15.8. The molecule has 0 saturated heterocycles. The zero-order valence-corrected chi connectivity index (χ0v) is 12.1. The topological polar surface area (TPSA) is 77.6 Å². The molecule has 0 radical (unpaired) electrons. The van der Waals surface area contributed by atoms with Gasteiger partial charge in [0.2, 0.25) is 5.95 Å². The minimum Gasteiger partial charge on any atom is -0.288 e. The van der Waals surface area contributed by atoms with Crippen molar-refractivity contribution in [2.75, 3.05) is 5.32 Å². The van der Waals surface area contributed by atoms with Gasteiger partial charge in [-0.2, -0.15) is 18.6 Å². The Hall–Kier alpha value is -3.17. The van der Waals surface area contributed by atoms with E-state index in [-0.39, 0.29) is 24.0 Å². The minimum atomic E-state index is -2.93. The van der Waals surface area contributed by atoms with Gasteiger partial charge in [-0.25, -0.2) is 14.1 Å². The fourth-order valence-electron chi connectivity index (χ4n) is 2.07. The molecule has 7 nitrogen and oxygen atoms in total. The highest BCUT2D eigenvalue weighted by Crippen LogP contribution is 2.13. The predicted molar refractivity (Wildman–Crippen MR) is 77.0 cm³/mol. The molecule has 2 aromatic heterocycles. The summed E-state index contributed by atoms with van der Waals surface area (Å²) >= 11 is 0. The summed E-state index contributed by atoms with van der Waals surface area (Å²) < 4.78 is 40.2. The van der Waals surface area contributed by atoms with E-state index < -0.39 is 12.5 Å². The van der Waals surface area contributed by atoms with Crippen molar-refractivity contribution in [1.29, 1.82) is 0 Å². The van der Waals surface area contributed by atoms with Gasteiger partial charge < -0.3 is 0 Å². The third-order valence-corrected chi connectivity index (χ3v) is 3.08. The number of halogens is 3. The largest absolute Gasteiger partial charge is 0.333 e. The number of hydrogen-bond acceptors (Lipinski definition) is 4. The van der Waals surface area contributed by atoms with Crippen LogP contribution in [-0.2, 0) is 6.54 Å². The van der Waals surface area contributed by atoms with Crippen LogP contribution >= 0.6 is 0 Å². The van der Waals surface area contributed by atoms with E-state index in [2.05, 4.69) is 20.5 Å². The normalized spacial score (nSPS) is 11.0. The molecular weight excluding hydrogens is 325 g/mol. The van der Waals surface area contributed by atoms with Gasteiger partial charge in [0.15, 0.2) is 0 Å². The summed E-state index contributed by atoms with van der Waals surface area (Å²) in [5, 5.41) is 9.67. The lowest BCUT2D eigenvalue weighted by atomic mass is 10.2. The quantitative estimate of drug-likeness (QED) is 0.776. The van der Waals surface area contributed by atoms with Crippen LogP contribution in [0.25, 0.3) is 0 Å². The first kappa shape index (κ1) is 15.7. The number of alkyl halides is 2. The third-order valence-electron chi connectivity index (χ3n) is 3.08. The number of carbonyl (C=O) groups is 1. The Morgan fingerprint density at radius 3 is 2.88 bits per heavy atom. The summed E-state index contributed by atoms with van der Waals surface area (Å²) in [6, 6.07) is 7.11. The van der Waals surface area contributed by atoms with Gasteiger partial charge in [0, 0.05) is 6.20 Å². The minimum absolute atomic E-state index is 0.0570. The molecule has 0 atom stereocenters. The van der Waals surface area contributed by atoms with Crippen molar-refractivity contribution >= 4 is 11.9 Å². The monoisotopic (exact) mass is 336 g/mol. The zero-order valence-electron chi connectivity index (χ0n) is 12.1. The number of hydrogen-bond donors (Lipinski definition) is 1. The average molecular weight is 336 g/mol. The van der Waals surface area contributed by atoms with Crippen LogP contribution in [0.15, 0.2) is 42.9 Å². The maximum atomic E-state index is 13.1. The first-order chi connectivity index (χ1) is 11.5. The van der Waals surface area contributed by atoms with E-state index >= 15 is 0 Å². The zero-order chi connectivity index (χ0) is 17.1. The van der Waals surface area contributed by atoms with Crippen molar-refractivity contribution in [3.8, 4) is 0 Å². The fraction of sp³-hybridized carbons (Fsp3) is 0.143. The number of nitrogens with zero attached hydrogens (tertiary/aromatic N) is 5. The molecule has 24 heavy (non-hydrogen) atoms. The van der Waals surface area contributed by atoms with E-state index in [9.17, 15) is 18.0 Å². The molecule has 1 amide bonds. The second-order valence-electron chi connectivity index (χ2n) is 4.79. The van der Waals surface area contributed by atoms with Gasteiger partial charge in [0.1, 0.15) is 17.8 Å². The molecule has 3 aromatic rings. The van der Waals surface area contributed by atoms with Crippen molar-refractivity contribution in [3.05, 3.63) is 59.9 Å². The molecule has 2 heterocycles. The van der Waals surface area contributed by atoms with Gasteiger partial charge in [0.05, 0.1) is 6.54 Å². The Balaban J connectivity index is 1.69. The summed E-state index contributed by atoms with van der Waals surface area (Å²) in [6.07, 6.45) is 2.43. The fourth-order valence-corrected chi connectivity index (χ4v) is 2.07. The first-order valence-corrected chi connectivity index (χ1v) is 6.80. The molecule has 1 aromatic carbocycles. The van der Waals surface area contributed by atoms with Gasteiger partial charge in [-0.1, -0.05) is 12.1 Å². The maximum absolute atomic E-state index is 13.1. The van der Waals surface area contributed by atoms with Crippen molar-refractivity contribution < 1.29 is 18.0 Å². The number of rotatable bonds is 5. The molecule has 0 saturated carbocycles. The highest BCUT2D eigenvalue weighted by molar-refractivity contribution is 6.01. The van der Waals surface area contributed by atoms with Crippen LogP contribution in [0.4, 0.5) is 19.1 Å². The molecule has 124 valence electrons. The van der Waals surface area contributed by atoms with Crippen molar-refractivity contribution in [3.63, 3.8) is 0 Å². The van der Waals surface area contributed by atoms with Crippen molar-refractivity contribution in [1.82, 2.24) is 24.5 Å². The maximum Gasteiger partial charge on any atom is 0.333 e. The van der Waals surface area contributed by atoms with Crippen LogP contribution in [0.2, 0.25) is 0 Å². The molecule has 0 fully saturated rings. The summed E-state index contributed by atoms with van der Waals surface area (Å²) in [6.45, 7) is -2.69. The Labute approximate surface area is 133 Å². The average Bonchev–Trinajstić information content (AvgIpc) is 3.16. The van der Waals surface area contributed by atoms with Crippen LogP contribution in [-0.4, -0.2) is 30.5 Å². The molecule has 0 aliphatic heterocycles.